The molecule has 0 aromatic heterocycles. The van der Waals surface area contributed by atoms with Crippen molar-refractivity contribution in [1.29, 1.82) is 0 Å². The summed E-state index contributed by atoms with van der Waals surface area (Å²) in [6, 6.07) is 4.69. The summed E-state index contributed by atoms with van der Waals surface area (Å²) in [7, 11) is -3.53. The van der Waals surface area contributed by atoms with E-state index >= 15 is 0 Å². The number of rotatable bonds is 7. The van der Waals surface area contributed by atoms with Gasteiger partial charge in [0.2, 0.25) is 10.0 Å². The van der Waals surface area contributed by atoms with E-state index in [4.69, 9.17) is 23.2 Å². The third-order valence-electron chi connectivity index (χ3n) is 2.29. The first-order valence-corrected chi connectivity index (χ1v) is 8.67. The van der Waals surface area contributed by atoms with Gasteiger partial charge in [-0.25, -0.2) is 13.1 Å². The molecule has 0 aliphatic rings. The summed E-state index contributed by atoms with van der Waals surface area (Å²) in [6.07, 6.45) is 2.56. The molecule has 3 nitrogen and oxygen atoms in total. The molecule has 0 amide bonds. The Morgan fingerprint density at radius 3 is 2.56 bits per heavy atom. The summed E-state index contributed by atoms with van der Waals surface area (Å²) in [5.74, 6) is 0.602. The average molecular weight is 375 g/mol. The zero-order valence-electron chi connectivity index (χ0n) is 9.63. The van der Waals surface area contributed by atoms with Gasteiger partial charge in [0, 0.05) is 16.9 Å². The highest BCUT2D eigenvalue weighted by atomic mass is 79.9. The van der Waals surface area contributed by atoms with Crippen LogP contribution in [0, 0.1) is 0 Å². The second kappa shape index (κ2) is 7.70. The van der Waals surface area contributed by atoms with Crippen LogP contribution in [-0.2, 0) is 10.0 Å². The smallest absolute Gasteiger partial charge is 0.211 e. The van der Waals surface area contributed by atoms with Crippen molar-refractivity contribution < 1.29 is 8.42 Å². The van der Waals surface area contributed by atoms with Gasteiger partial charge in [0.05, 0.1) is 5.02 Å². The molecule has 0 fully saturated rings. The number of alkyl halides is 1. The average Bonchev–Trinajstić information content (AvgIpc) is 2.28. The van der Waals surface area contributed by atoms with E-state index in [2.05, 4.69) is 20.7 Å². The lowest BCUT2D eigenvalue weighted by molar-refractivity contribution is 0.576. The van der Waals surface area contributed by atoms with Crippen LogP contribution in [-0.4, -0.2) is 20.8 Å². The van der Waals surface area contributed by atoms with Crippen LogP contribution in [0.5, 0.6) is 0 Å². The minimum atomic E-state index is -3.53. The summed E-state index contributed by atoms with van der Waals surface area (Å²) in [5.41, 5.74) is 0. The third-order valence-corrected chi connectivity index (χ3v) is 4.99. The Labute approximate surface area is 126 Å². The van der Waals surface area contributed by atoms with Gasteiger partial charge < -0.3 is 0 Å². The molecule has 1 N–H and O–H groups in total. The molecule has 0 spiro atoms. The third kappa shape index (κ3) is 5.05. The second-order valence-electron chi connectivity index (χ2n) is 3.72. The monoisotopic (exact) mass is 373 g/mol. The van der Waals surface area contributed by atoms with Crippen LogP contribution in [0.3, 0.4) is 0 Å². The van der Waals surface area contributed by atoms with Crippen molar-refractivity contribution in [3.63, 3.8) is 0 Å². The highest BCUT2D eigenvalue weighted by Crippen LogP contribution is 2.24. The normalized spacial score (nSPS) is 11.7. The van der Waals surface area contributed by atoms with Crippen LogP contribution >= 0.6 is 39.1 Å². The van der Waals surface area contributed by atoms with Crippen LogP contribution < -0.4 is 4.72 Å². The maximum absolute atomic E-state index is 12.0. The summed E-state index contributed by atoms with van der Waals surface area (Å²) < 4.78 is 27.2. The van der Waals surface area contributed by atoms with E-state index < -0.39 is 10.0 Å². The molecular formula is C11H14BrCl2NO2S. The number of nitrogens with one attached hydrogen (secondary N) is 1. The topological polar surface area (TPSA) is 46.2 Å². The number of hydrogen-bond donors (Lipinski definition) is 1. The lowest BCUT2D eigenvalue weighted by atomic mass is 10.2. The number of benzene rings is 1. The fraction of sp³-hybridized carbons (Fsp3) is 0.455. The molecule has 1 aromatic carbocycles. The van der Waals surface area contributed by atoms with Crippen molar-refractivity contribution in [3.8, 4) is 0 Å². The van der Waals surface area contributed by atoms with E-state index in [0.29, 0.717) is 12.4 Å². The molecule has 0 aliphatic carbocycles. The molecule has 0 aliphatic heterocycles. The maximum atomic E-state index is 12.0. The quantitative estimate of drug-likeness (QED) is 0.582. The number of unbranched alkanes of at least 4 members (excludes halogenated alkanes) is 2. The highest BCUT2D eigenvalue weighted by molar-refractivity contribution is 9.10. The largest absolute Gasteiger partial charge is 0.242 e. The first-order valence-electron chi connectivity index (χ1n) is 5.48. The zero-order chi connectivity index (χ0) is 13.6. The molecule has 0 saturated heterocycles. The molecular weight excluding hydrogens is 361 g/mol. The summed E-state index contributed by atoms with van der Waals surface area (Å²) in [4.78, 5) is 0.102. The van der Waals surface area contributed by atoms with Crippen LogP contribution in [0.1, 0.15) is 19.3 Å². The van der Waals surface area contributed by atoms with Crippen molar-refractivity contribution in [2.75, 3.05) is 12.4 Å². The van der Waals surface area contributed by atoms with Gasteiger partial charge in [-0.1, -0.05) is 34.0 Å². The van der Waals surface area contributed by atoms with Crippen LogP contribution in [0.25, 0.3) is 0 Å². The lowest BCUT2D eigenvalue weighted by Gasteiger charge is -2.08. The number of halogens is 3. The van der Waals surface area contributed by atoms with Crippen molar-refractivity contribution in [2.45, 2.75) is 24.2 Å². The van der Waals surface area contributed by atoms with Gasteiger partial charge in [-0.3, -0.25) is 0 Å². The molecule has 0 radical (unpaired) electrons. The molecule has 0 atom stereocenters. The van der Waals surface area contributed by atoms with E-state index in [1.807, 2.05) is 0 Å². The van der Waals surface area contributed by atoms with Crippen LogP contribution in [0.4, 0.5) is 0 Å². The molecule has 1 aromatic rings. The van der Waals surface area contributed by atoms with Crippen molar-refractivity contribution in [1.82, 2.24) is 4.72 Å². The van der Waals surface area contributed by atoms with Gasteiger partial charge in [-0.15, -0.1) is 11.6 Å². The Balaban J connectivity index is 2.63. The van der Waals surface area contributed by atoms with Gasteiger partial charge >= 0.3 is 0 Å². The molecule has 7 heteroatoms. The van der Waals surface area contributed by atoms with E-state index in [0.717, 1.165) is 23.7 Å². The molecule has 102 valence electrons. The second-order valence-corrected chi connectivity index (χ2v) is 7.16. The fourth-order valence-corrected chi connectivity index (χ4v) is 3.67. The molecule has 0 bridgehead atoms. The number of sulfonamides is 1. The Hall–Kier alpha value is 0.190. The number of hydrogen-bond acceptors (Lipinski definition) is 2. The van der Waals surface area contributed by atoms with Crippen LogP contribution in [0.15, 0.2) is 27.6 Å². The van der Waals surface area contributed by atoms with E-state index in [9.17, 15) is 8.42 Å². The molecule has 18 heavy (non-hydrogen) atoms. The maximum Gasteiger partial charge on any atom is 0.242 e. The predicted molar refractivity (Wildman–Crippen MR) is 78.9 cm³/mol. The van der Waals surface area contributed by atoms with E-state index in [1.54, 1.807) is 12.1 Å². The minimum Gasteiger partial charge on any atom is -0.211 e. The molecule has 0 saturated carbocycles. The van der Waals surface area contributed by atoms with Gasteiger partial charge in [0.1, 0.15) is 4.90 Å². The summed E-state index contributed by atoms with van der Waals surface area (Å²) in [5, 5.41) is 0.206. The van der Waals surface area contributed by atoms with Crippen molar-refractivity contribution in [2.24, 2.45) is 0 Å². The zero-order valence-corrected chi connectivity index (χ0v) is 13.5. The molecule has 1 rings (SSSR count). The van der Waals surface area contributed by atoms with Gasteiger partial charge in [0.25, 0.3) is 0 Å². The molecule has 0 unspecified atom stereocenters. The van der Waals surface area contributed by atoms with Gasteiger partial charge in [-0.05, 0) is 31.0 Å². The molecule has 0 heterocycles. The van der Waals surface area contributed by atoms with E-state index in [1.165, 1.54) is 6.07 Å². The minimum absolute atomic E-state index is 0.102. The Morgan fingerprint density at radius 2 is 1.94 bits per heavy atom. The standard InChI is InChI=1S/C11H14BrCl2NO2S/c12-9-4-5-11(10(14)8-9)18(16,17)15-7-3-1-2-6-13/h4-5,8,15H,1-3,6-7H2. The van der Waals surface area contributed by atoms with Crippen molar-refractivity contribution >= 4 is 49.2 Å². The Morgan fingerprint density at radius 1 is 1.22 bits per heavy atom. The predicted octanol–water partition coefficient (Wildman–Crippen LogP) is 3.79. The Bertz CT molecular complexity index is 494. The van der Waals surface area contributed by atoms with Gasteiger partial charge in [-0.2, -0.15) is 0 Å². The highest BCUT2D eigenvalue weighted by Gasteiger charge is 2.17. The summed E-state index contributed by atoms with van der Waals surface area (Å²) >= 11 is 14.7. The van der Waals surface area contributed by atoms with Gasteiger partial charge in [0.15, 0.2) is 0 Å². The van der Waals surface area contributed by atoms with Crippen LogP contribution in [0.2, 0.25) is 5.02 Å². The summed E-state index contributed by atoms with van der Waals surface area (Å²) in [6.45, 7) is 0.394. The SMILES string of the molecule is O=S(=O)(NCCCCCCl)c1ccc(Br)cc1Cl. The fourth-order valence-electron chi connectivity index (χ4n) is 1.37. The lowest BCUT2D eigenvalue weighted by Crippen LogP contribution is -2.25. The van der Waals surface area contributed by atoms with Crippen molar-refractivity contribution in [3.05, 3.63) is 27.7 Å². The first-order chi connectivity index (χ1) is 8.47. The first kappa shape index (κ1) is 16.2. The van der Waals surface area contributed by atoms with E-state index in [-0.39, 0.29) is 9.92 Å². The Kier molecular flexibility index (Phi) is 6.95.